The van der Waals surface area contributed by atoms with Gasteiger partial charge in [0.1, 0.15) is 0 Å². The second-order valence-corrected chi connectivity index (χ2v) is 4.84. The number of rotatable bonds is 2. The van der Waals surface area contributed by atoms with Crippen LogP contribution in [0.3, 0.4) is 0 Å². The zero-order chi connectivity index (χ0) is 9.14. The number of nitrogens with two attached hydrogens (primary N) is 1. The quantitative estimate of drug-likeness (QED) is 0.711. The van der Waals surface area contributed by atoms with Crippen LogP contribution in [0.25, 0.3) is 0 Å². The number of hydrogen-bond donors (Lipinski definition) is 1. The van der Waals surface area contributed by atoms with Gasteiger partial charge in [0.2, 0.25) is 0 Å². The highest BCUT2D eigenvalue weighted by molar-refractivity contribution is 8.06. The predicted octanol–water partition coefficient (Wildman–Crippen LogP) is 3.24. The summed E-state index contributed by atoms with van der Waals surface area (Å²) in [5.41, 5.74) is 7.07. The minimum Gasteiger partial charge on any atom is -0.394 e. The molecule has 1 rings (SSSR count). The van der Waals surface area contributed by atoms with E-state index >= 15 is 0 Å². The summed E-state index contributed by atoms with van der Waals surface area (Å²) in [6.07, 6.45) is 3.75. The van der Waals surface area contributed by atoms with Gasteiger partial charge in [-0.05, 0) is 37.0 Å². The number of thioether (sulfide) groups is 1. The normalized spacial score (nSPS) is 24.3. The molecule has 0 aliphatic heterocycles. The Morgan fingerprint density at radius 2 is 2.33 bits per heavy atom. The molecule has 0 fully saturated rings. The van der Waals surface area contributed by atoms with Gasteiger partial charge in [-0.15, -0.1) is 0 Å². The Labute approximate surface area is 79.1 Å². The number of allylic oxidation sites excluding steroid dienone is 2. The van der Waals surface area contributed by atoms with Crippen LogP contribution in [-0.4, -0.2) is 0 Å². The van der Waals surface area contributed by atoms with Gasteiger partial charge in [-0.2, -0.15) is 0 Å². The summed E-state index contributed by atoms with van der Waals surface area (Å²) < 4.78 is 0. The van der Waals surface area contributed by atoms with Gasteiger partial charge in [0.25, 0.3) is 0 Å². The van der Waals surface area contributed by atoms with Crippen molar-refractivity contribution in [3.05, 3.63) is 22.1 Å². The Morgan fingerprint density at radius 1 is 1.67 bits per heavy atom. The highest BCUT2D eigenvalue weighted by Crippen LogP contribution is 2.37. The fourth-order valence-electron chi connectivity index (χ4n) is 1.48. The van der Waals surface area contributed by atoms with Crippen molar-refractivity contribution in [3.8, 4) is 0 Å². The Hall–Kier alpha value is -0.370. The third-order valence-electron chi connectivity index (χ3n) is 2.28. The molecule has 0 heterocycles. The Bertz CT molecular complexity index is 218. The predicted molar refractivity (Wildman–Crippen MR) is 56.6 cm³/mol. The molecule has 1 aliphatic carbocycles. The van der Waals surface area contributed by atoms with Crippen LogP contribution < -0.4 is 5.73 Å². The van der Waals surface area contributed by atoms with E-state index in [4.69, 9.17) is 5.73 Å². The van der Waals surface area contributed by atoms with E-state index in [1.807, 2.05) is 0 Å². The first-order chi connectivity index (χ1) is 5.59. The van der Waals surface area contributed by atoms with Gasteiger partial charge in [-0.25, -0.2) is 0 Å². The topological polar surface area (TPSA) is 26.0 Å². The van der Waals surface area contributed by atoms with Gasteiger partial charge in [0.05, 0.1) is 5.03 Å². The second kappa shape index (κ2) is 4.04. The van der Waals surface area contributed by atoms with Gasteiger partial charge in [0, 0.05) is 0 Å². The first-order valence-electron chi connectivity index (χ1n) is 4.40. The lowest BCUT2D eigenvalue weighted by atomic mass is 9.92. The molecule has 0 aromatic carbocycles. The molecular formula is C10H17NS. The monoisotopic (exact) mass is 183 g/mol. The van der Waals surface area contributed by atoms with Crippen LogP contribution in [0.5, 0.6) is 0 Å². The van der Waals surface area contributed by atoms with Gasteiger partial charge in [-0.3, -0.25) is 0 Å². The maximum atomic E-state index is 5.57. The molecule has 0 spiro atoms. The molecule has 0 bridgehead atoms. The smallest absolute Gasteiger partial charge is 0.0627 e. The van der Waals surface area contributed by atoms with E-state index in [0.29, 0.717) is 0 Å². The summed E-state index contributed by atoms with van der Waals surface area (Å²) in [7, 11) is 0. The van der Waals surface area contributed by atoms with Crippen molar-refractivity contribution < 1.29 is 0 Å². The average molecular weight is 183 g/mol. The first kappa shape index (κ1) is 9.72. The molecule has 0 aromatic rings. The summed E-state index contributed by atoms with van der Waals surface area (Å²) in [5, 5.41) is 0.721. The van der Waals surface area contributed by atoms with E-state index in [-0.39, 0.29) is 0 Å². The van der Waals surface area contributed by atoms with E-state index in [0.717, 1.165) is 10.9 Å². The second-order valence-electron chi connectivity index (χ2n) is 3.62. The van der Waals surface area contributed by atoms with E-state index in [9.17, 15) is 0 Å². The van der Waals surface area contributed by atoms with Crippen molar-refractivity contribution in [2.45, 2.75) is 33.1 Å². The third-order valence-corrected chi connectivity index (χ3v) is 3.30. The molecule has 1 atom stereocenters. The fourth-order valence-corrected chi connectivity index (χ4v) is 2.44. The maximum absolute atomic E-state index is 5.57. The first-order valence-corrected chi connectivity index (χ1v) is 5.22. The van der Waals surface area contributed by atoms with Crippen LogP contribution in [0.4, 0.5) is 0 Å². The largest absolute Gasteiger partial charge is 0.394 e. The van der Waals surface area contributed by atoms with E-state index < -0.39 is 0 Å². The molecule has 0 radical (unpaired) electrons. The summed E-state index contributed by atoms with van der Waals surface area (Å²) >= 11 is 1.65. The summed E-state index contributed by atoms with van der Waals surface area (Å²) in [6.45, 7) is 8.22. The minimum absolute atomic E-state index is 0.721. The molecule has 0 aromatic heterocycles. The van der Waals surface area contributed by atoms with E-state index in [2.05, 4.69) is 20.4 Å². The molecule has 12 heavy (non-hydrogen) atoms. The highest BCUT2D eigenvalue weighted by Gasteiger charge is 2.15. The van der Waals surface area contributed by atoms with Crippen molar-refractivity contribution in [1.29, 1.82) is 0 Å². The van der Waals surface area contributed by atoms with Crippen molar-refractivity contribution in [2.24, 2.45) is 11.7 Å². The Morgan fingerprint density at radius 3 is 2.92 bits per heavy atom. The Kier molecular flexibility index (Phi) is 3.27. The van der Waals surface area contributed by atoms with Crippen LogP contribution in [0, 0.1) is 5.92 Å². The molecule has 0 amide bonds. The third kappa shape index (κ3) is 2.59. The van der Waals surface area contributed by atoms with Crippen LogP contribution in [-0.2, 0) is 0 Å². The zero-order valence-electron chi connectivity index (χ0n) is 7.89. The fraction of sp³-hybridized carbons (Fsp3) is 0.600. The van der Waals surface area contributed by atoms with Gasteiger partial charge in [-0.1, -0.05) is 30.8 Å². The standard InChI is InChI=1S/C10H17NS/c1-7-4-5-8(2)10(6-7)12-9(3)11/h7H,3-6,11H2,1-2H3. The van der Waals surface area contributed by atoms with Crippen molar-refractivity contribution >= 4 is 11.8 Å². The Balaban J connectivity index is 2.64. The molecular weight excluding hydrogens is 166 g/mol. The average Bonchev–Trinajstić information content (AvgIpc) is 1.96. The van der Waals surface area contributed by atoms with Crippen molar-refractivity contribution in [2.75, 3.05) is 0 Å². The summed E-state index contributed by atoms with van der Waals surface area (Å²) in [5.74, 6) is 0.815. The van der Waals surface area contributed by atoms with Gasteiger partial charge >= 0.3 is 0 Å². The van der Waals surface area contributed by atoms with Crippen molar-refractivity contribution in [3.63, 3.8) is 0 Å². The highest BCUT2D eigenvalue weighted by atomic mass is 32.2. The summed E-state index contributed by atoms with van der Waals surface area (Å²) in [4.78, 5) is 1.45. The molecule has 68 valence electrons. The lowest BCUT2D eigenvalue weighted by Crippen LogP contribution is -2.05. The minimum atomic E-state index is 0.721. The molecule has 1 unspecified atom stereocenters. The molecule has 2 N–H and O–H groups in total. The zero-order valence-corrected chi connectivity index (χ0v) is 8.71. The van der Waals surface area contributed by atoms with Crippen LogP contribution in [0.2, 0.25) is 0 Å². The van der Waals surface area contributed by atoms with Crippen LogP contribution >= 0.6 is 11.8 Å². The maximum Gasteiger partial charge on any atom is 0.0627 e. The van der Waals surface area contributed by atoms with E-state index in [1.165, 1.54) is 29.7 Å². The lowest BCUT2D eigenvalue weighted by Gasteiger charge is -2.22. The molecule has 1 aliphatic rings. The van der Waals surface area contributed by atoms with Gasteiger partial charge in [0.15, 0.2) is 0 Å². The molecule has 0 saturated carbocycles. The SMILES string of the molecule is C=C(N)SC1=C(C)CCC(C)C1. The summed E-state index contributed by atoms with van der Waals surface area (Å²) in [6, 6.07) is 0. The molecule has 0 saturated heterocycles. The van der Waals surface area contributed by atoms with Gasteiger partial charge < -0.3 is 5.73 Å². The van der Waals surface area contributed by atoms with E-state index in [1.54, 1.807) is 11.8 Å². The van der Waals surface area contributed by atoms with Crippen LogP contribution in [0.1, 0.15) is 33.1 Å². The number of hydrogen-bond acceptors (Lipinski definition) is 2. The molecule has 1 nitrogen and oxygen atoms in total. The molecule has 2 heteroatoms. The van der Waals surface area contributed by atoms with Crippen LogP contribution in [0.15, 0.2) is 22.1 Å². The lowest BCUT2D eigenvalue weighted by molar-refractivity contribution is 0.509. The van der Waals surface area contributed by atoms with Crippen molar-refractivity contribution in [1.82, 2.24) is 0 Å².